The van der Waals surface area contributed by atoms with Crippen LogP contribution in [-0.4, -0.2) is 23.1 Å². The van der Waals surface area contributed by atoms with Gasteiger partial charge in [-0.15, -0.1) is 0 Å². The fraction of sp³-hybridized carbons (Fsp3) is 0.250. The van der Waals surface area contributed by atoms with Crippen molar-refractivity contribution in [1.82, 2.24) is 0 Å². The minimum atomic E-state index is -4.12. The number of sulfone groups is 1. The summed E-state index contributed by atoms with van der Waals surface area (Å²) < 4.78 is 53.4. The van der Waals surface area contributed by atoms with Gasteiger partial charge in [0.15, 0.2) is 9.84 Å². The molecule has 2 rings (SSSR count). The second-order valence-electron chi connectivity index (χ2n) is 5.44. The van der Waals surface area contributed by atoms with Crippen molar-refractivity contribution in [3.8, 4) is 5.75 Å². The number of benzene rings is 2. The molecule has 0 radical (unpaired) electrons. The van der Waals surface area contributed by atoms with E-state index in [1.165, 1.54) is 18.2 Å². The van der Waals surface area contributed by atoms with Gasteiger partial charge in [-0.25, -0.2) is 8.42 Å². The van der Waals surface area contributed by atoms with Crippen molar-refractivity contribution < 1.29 is 21.0 Å². The van der Waals surface area contributed by atoms with Crippen LogP contribution in [0.2, 0.25) is 0 Å². The molecule has 0 aliphatic heterocycles. The summed E-state index contributed by atoms with van der Waals surface area (Å²) in [5.74, 6) is 0.273. The zero-order chi connectivity index (χ0) is 17.4. The Morgan fingerprint density at radius 2 is 1.39 bits per heavy atom. The van der Waals surface area contributed by atoms with Gasteiger partial charge in [-0.2, -0.15) is 8.42 Å². The minimum absolute atomic E-state index is 0.0696. The summed E-state index contributed by atoms with van der Waals surface area (Å²) >= 11 is 0. The van der Waals surface area contributed by atoms with Crippen LogP contribution in [0, 0.1) is 20.8 Å². The van der Waals surface area contributed by atoms with Gasteiger partial charge in [0.2, 0.25) is 0 Å². The van der Waals surface area contributed by atoms with Crippen molar-refractivity contribution in [1.29, 1.82) is 0 Å². The smallest absolute Gasteiger partial charge is 0.339 e. The number of aryl methyl sites for hydroxylation is 2. The van der Waals surface area contributed by atoms with Crippen molar-refractivity contribution >= 4 is 20.0 Å². The highest BCUT2D eigenvalue weighted by Crippen LogP contribution is 2.29. The summed E-state index contributed by atoms with van der Waals surface area (Å²) in [5.41, 5.74) is 2.33. The average Bonchev–Trinajstić information content (AvgIpc) is 2.47. The first kappa shape index (κ1) is 17.5. The molecule has 0 aliphatic carbocycles. The van der Waals surface area contributed by atoms with E-state index in [-0.39, 0.29) is 15.5 Å². The topological polar surface area (TPSA) is 77.5 Å². The number of hydrogen-bond acceptors (Lipinski definition) is 5. The van der Waals surface area contributed by atoms with Crippen LogP contribution in [0.4, 0.5) is 0 Å². The molecule has 7 heteroatoms. The molecule has 2 aromatic carbocycles. The van der Waals surface area contributed by atoms with Crippen LogP contribution in [0.25, 0.3) is 0 Å². The number of hydrogen-bond donors (Lipinski definition) is 0. The van der Waals surface area contributed by atoms with Crippen molar-refractivity contribution in [2.75, 3.05) is 6.26 Å². The van der Waals surface area contributed by atoms with E-state index in [1.54, 1.807) is 19.9 Å². The van der Waals surface area contributed by atoms with Gasteiger partial charge in [0.05, 0.1) is 4.90 Å². The maximum absolute atomic E-state index is 12.5. The monoisotopic (exact) mass is 354 g/mol. The predicted molar refractivity (Wildman–Crippen MR) is 88.0 cm³/mol. The quantitative estimate of drug-likeness (QED) is 0.789. The van der Waals surface area contributed by atoms with E-state index in [1.807, 2.05) is 13.0 Å². The molecule has 0 aliphatic rings. The molecular weight excluding hydrogens is 336 g/mol. The van der Waals surface area contributed by atoms with Crippen LogP contribution in [0.15, 0.2) is 46.2 Å². The Morgan fingerprint density at radius 3 is 2.00 bits per heavy atom. The molecule has 0 atom stereocenters. The van der Waals surface area contributed by atoms with Gasteiger partial charge in [-0.3, -0.25) is 0 Å². The van der Waals surface area contributed by atoms with Gasteiger partial charge >= 0.3 is 10.1 Å². The molecule has 0 spiro atoms. The summed E-state index contributed by atoms with van der Waals surface area (Å²) in [6.07, 6.45) is 1.02. The summed E-state index contributed by atoms with van der Waals surface area (Å²) in [6.45, 7) is 5.39. The lowest BCUT2D eigenvalue weighted by Crippen LogP contribution is -2.12. The van der Waals surface area contributed by atoms with Crippen molar-refractivity contribution in [3.63, 3.8) is 0 Å². The Hall–Kier alpha value is -1.86. The van der Waals surface area contributed by atoms with E-state index in [9.17, 15) is 16.8 Å². The Balaban J connectivity index is 2.51. The molecule has 0 unspecified atom stereocenters. The standard InChI is InChI=1S/C16H18O5S2/c1-11-8-9-12(2)16(13(11)3)21-23(19,20)15-7-5-6-14(10-15)22(4,17)18/h5-10H,1-4H3. The van der Waals surface area contributed by atoms with Crippen LogP contribution in [0.3, 0.4) is 0 Å². The second kappa shape index (κ2) is 5.98. The molecule has 5 nitrogen and oxygen atoms in total. The Morgan fingerprint density at radius 1 is 0.826 bits per heavy atom. The highest BCUT2D eigenvalue weighted by atomic mass is 32.2. The average molecular weight is 354 g/mol. The molecule has 2 aromatic rings. The van der Waals surface area contributed by atoms with Crippen LogP contribution in [0.5, 0.6) is 5.75 Å². The molecule has 124 valence electrons. The van der Waals surface area contributed by atoms with Crippen LogP contribution < -0.4 is 4.18 Å². The van der Waals surface area contributed by atoms with E-state index < -0.39 is 20.0 Å². The SMILES string of the molecule is Cc1ccc(C)c(OS(=O)(=O)c2cccc(S(C)(=O)=O)c2)c1C. The third-order valence-electron chi connectivity index (χ3n) is 3.59. The zero-order valence-corrected chi connectivity index (χ0v) is 15.0. The minimum Gasteiger partial charge on any atom is -0.378 e. The Labute approximate surface area is 137 Å². The maximum Gasteiger partial charge on any atom is 0.339 e. The van der Waals surface area contributed by atoms with Gasteiger partial charge in [0.1, 0.15) is 10.6 Å². The molecule has 0 bridgehead atoms. The van der Waals surface area contributed by atoms with E-state index in [0.717, 1.165) is 23.4 Å². The first-order valence-corrected chi connectivity index (χ1v) is 10.1. The van der Waals surface area contributed by atoms with E-state index in [0.29, 0.717) is 5.56 Å². The molecule has 0 N–H and O–H groups in total. The maximum atomic E-state index is 12.5. The molecule has 0 aromatic heterocycles. The summed E-state index contributed by atoms with van der Waals surface area (Å²) in [7, 11) is -7.62. The van der Waals surface area contributed by atoms with Crippen LogP contribution in [-0.2, 0) is 20.0 Å². The highest BCUT2D eigenvalue weighted by Gasteiger charge is 2.21. The lowest BCUT2D eigenvalue weighted by molar-refractivity contribution is 0.481. The predicted octanol–water partition coefficient (Wildman–Crippen LogP) is 2.78. The summed E-state index contributed by atoms with van der Waals surface area (Å²) in [4.78, 5) is -0.263. The normalized spacial score (nSPS) is 12.2. The van der Waals surface area contributed by atoms with Gasteiger partial charge < -0.3 is 4.18 Å². The van der Waals surface area contributed by atoms with Crippen molar-refractivity contribution in [2.45, 2.75) is 30.6 Å². The first-order chi connectivity index (χ1) is 10.5. The Kier molecular flexibility index (Phi) is 4.54. The lowest BCUT2D eigenvalue weighted by Gasteiger charge is -2.14. The fourth-order valence-corrected chi connectivity index (χ4v) is 3.90. The number of rotatable bonds is 4. The van der Waals surface area contributed by atoms with E-state index >= 15 is 0 Å². The third-order valence-corrected chi connectivity index (χ3v) is 5.92. The molecule has 0 amide bonds. The van der Waals surface area contributed by atoms with Crippen molar-refractivity contribution in [3.05, 3.63) is 53.1 Å². The second-order valence-corrected chi connectivity index (χ2v) is 9.00. The van der Waals surface area contributed by atoms with Crippen LogP contribution in [0.1, 0.15) is 16.7 Å². The van der Waals surface area contributed by atoms with Crippen LogP contribution >= 0.6 is 0 Å². The van der Waals surface area contributed by atoms with E-state index in [2.05, 4.69) is 0 Å². The first-order valence-electron chi connectivity index (χ1n) is 6.84. The van der Waals surface area contributed by atoms with Gasteiger partial charge in [-0.1, -0.05) is 18.2 Å². The van der Waals surface area contributed by atoms with Gasteiger partial charge in [-0.05, 0) is 55.7 Å². The highest BCUT2D eigenvalue weighted by molar-refractivity contribution is 7.90. The summed E-state index contributed by atoms with van der Waals surface area (Å²) in [5, 5.41) is 0. The third kappa shape index (κ3) is 3.73. The molecular formula is C16H18O5S2. The molecule has 0 saturated carbocycles. The molecule has 0 saturated heterocycles. The Bertz CT molecular complexity index is 958. The molecule has 0 heterocycles. The molecule has 23 heavy (non-hydrogen) atoms. The van der Waals surface area contributed by atoms with Crippen molar-refractivity contribution in [2.24, 2.45) is 0 Å². The summed E-state index contributed by atoms with van der Waals surface area (Å²) in [6, 6.07) is 8.80. The van der Waals surface area contributed by atoms with Gasteiger partial charge in [0, 0.05) is 6.26 Å². The largest absolute Gasteiger partial charge is 0.378 e. The fourth-order valence-electron chi connectivity index (χ4n) is 2.07. The van der Waals surface area contributed by atoms with E-state index in [4.69, 9.17) is 4.18 Å². The zero-order valence-electron chi connectivity index (χ0n) is 13.3. The van der Waals surface area contributed by atoms with Gasteiger partial charge in [0.25, 0.3) is 0 Å². The molecule has 0 fully saturated rings. The lowest BCUT2D eigenvalue weighted by atomic mass is 10.1.